The fourth-order valence-corrected chi connectivity index (χ4v) is 2.73. The number of hydrogen-bond acceptors (Lipinski definition) is 6. The van der Waals surface area contributed by atoms with Gasteiger partial charge in [0.25, 0.3) is 0 Å². The van der Waals surface area contributed by atoms with Gasteiger partial charge in [0.05, 0.1) is 11.7 Å². The van der Waals surface area contributed by atoms with E-state index in [2.05, 4.69) is 28.5 Å². The summed E-state index contributed by atoms with van der Waals surface area (Å²) in [5, 5.41) is 4.44. The van der Waals surface area contributed by atoms with Crippen molar-refractivity contribution in [1.82, 2.24) is 9.36 Å². The van der Waals surface area contributed by atoms with Gasteiger partial charge in [-0.15, -0.1) is 0 Å². The maximum absolute atomic E-state index is 5.98. The molecule has 0 radical (unpaired) electrons. The second kappa shape index (κ2) is 7.95. The average Bonchev–Trinajstić information content (AvgIpc) is 2.84. The number of nitrogen functional groups attached to an aromatic ring is 1. The normalized spacial score (nSPS) is 11.0. The lowest BCUT2D eigenvalue weighted by Crippen LogP contribution is -2.07. The molecule has 0 bridgehead atoms. The first-order valence-electron chi connectivity index (χ1n) is 7.19. The molecule has 0 aliphatic rings. The fraction of sp³-hybridized carbons (Fsp3) is 0.467. The molecule has 0 unspecified atom stereocenters. The minimum absolute atomic E-state index is 0.303. The van der Waals surface area contributed by atoms with E-state index in [4.69, 9.17) is 10.5 Å². The van der Waals surface area contributed by atoms with Crippen LogP contribution in [-0.2, 0) is 4.74 Å². The summed E-state index contributed by atoms with van der Waals surface area (Å²) in [5.74, 6) is 0.567. The molecule has 6 heteroatoms. The summed E-state index contributed by atoms with van der Waals surface area (Å²) in [6.45, 7) is 5.81. The lowest BCUT2D eigenvalue weighted by molar-refractivity contribution is 0.0765. The monoisotopic (exact) mass is 306 g/mol. The third kappa shape index (κ3) is 4.68. The van der Waals surface area contributed by atoms with Crippen LogP contribution in [0.4, 0.5) is 10.8 Å². The van der Waals surface area contributed by atoms with Crippen LogP contribution >= 0.6 is 11.5 Å². The zero-order valence-electron chi connectivity index (χ0n) is 12.5. The molecule has 0 aromatic carbocycles. The van der Waals surface area contributed by atoms with Gasteiger partial charge in [-0.25, -0.2) is 0 Å². The maximum Gasteiger partial charge on any atom is 0.147 e. The van der Waals surface area contributed by atoms with Crippen LogP contribution in [0, 0.1) is 0 Å². The maximum atomic E-state index is 5.98. The Labute approximate surface area is 129 Å². The Morgan fingerprint density at radius 1 is 1.29 bits per heavy atom. The van der Waals surface area contributed by atoms with Gasteiger partial charge in [0.1, 0.15) is 10.8 Å². The molecule has 2 aromatic heterocycles. The van der Waals surface area contributed by atoms with Gasteiger partial charge in [0.2, 0.25) is 0 Å². The molecule has 0 spiro atoms. The van der Waals surface area contributed by atoms with Crippen LogP contribution in [0.5, 0.6) is 0 Å². The molecule has 0 atom stereocenters. The molecule has 2 heterocycles. The number of nitrogens with two attached hydrogens (primary N) is 1. The fourth-order valence-electron chi connectivity index (χ4n) is 1.97. The van der Waals surface area contributed by atoms with Gasteiger partial charge >= 0.3 is 0 Å². The van der Waals surface area contributed by atoms with Crippen molar-refractivity contribution in [3.8, 4) is 11.1 Å². The number of hydrogen-bond donors (Lipinski definition) is 2. The molecular formula is C15H22N4OS. The van der Waals surface area contributed by atoms with E-state index >= 15 is 0 Å². The van der Waals surface area contributed by atoms with Crippen LogP contribution in [0.25, 0.3) is 11.1 Å². The van der Waals surface area contributed by atoms with Gasteiger partial charge < -0.3 is 15.8 Å². The Bertz CT molecular complexity index is 542. The van der Waals surface area contributed by atoms with Crippen LogP contribution in [0.1, 0.15) is 26.7 Å². The number of nitrogens with one attached hydrogen (secondary N) is 1. The topological polar surface area (TPSA) is 73.1 Å². The summed E-state index contributed by atoms with van der Waals surface area (Å²) in [5.41, 5.74) is 7.99. The molecular weight excluding hydrogens is 284 g/mol. The van der Waals surface area contributed by atoms with Crippen LogP contribution in [0.15, 0.2) is 24.5 Å². The lowest BCUT2D eigenvalue weighted by atomic mass is 10.1. The Kier molecular flexibility index (Phi) is 5.95. The highest BCUT2D eigenvalue weighted by molar-refractivity contribution is 7.11. The van der Waals surface area contributed by atoms with Crippen molar-refractivity contribution >= 4 is 22.4 Å². The summed E-state index contributed by atoms with van der Waals surface area (Å²) >= 11 is 1.40. The number of anilines is 2. The Balaban J connectivity index is 1.87. The highest BCUT2D eigenvalue weighted by Gasteiger charge is 2.12. The van der Waals surface area contributed by atoms with Crippen LogP contribution in [0.3, 0.4) is 0 Å². The minimum atomic E-state index is 0.303. The molecule has 0 aliphatic carbocycles. The standard InChI is InChI=1S/C15H22N4OS/c1-11(2)20-10-4-3-7-18-15-13(14(16)19-21-15)12-5-8-17-9-6-12/h5-6,8-9,11,18H,3-4,7,10H2,1-2H3,(H2,16,19). The van der Waals surface area contributed by atoms with Crippen molar-refractivity contribution < 1.29 is 4.74 Å². The van der Waals surface area contributed by atoms with Crippen molar-refractivity contribution in [2.24, 2.45) is 0 Å². The van der Waals surface area contributed by atoms with E-state index < -0.39 is 0 Å². The van der Waals surface area contributed by atoms with Crippen LogP contribution < -0.4 is 11.1 Å². The number of rotatable bonds is 8. The molecule has 0 fully saturated rings. The predicted molar refractivity (Wildman–Crippen MR) is 88.6 cm³/mol. The largest absolute Gasteiger partial charge is 0.382 e. The molecule has 2 aromatic rings. The lowest BCUT2D eigenvalue weighted by Gasteiger charge is -2.09. The van der Waals surface area contributed by atoms with Crippen LogP contribution in [0.2, 0.25) is 0 Å². The highest BCUT2D eigenvalue weighted by Crippen LogP contribution is 2.36. The van der Waals surface area contributed by atoms with E-state index in [0.29, 0.717) is 11.9 Å². The Hall–Kier alpha value is -1.66. The second-order valence-electron chi connectivity index (χ2n) is 5.06. The summed E-state index contributed by atoms with van der Waals surface area (Å²) < 4.78 is 9.77. The van der Waals surface area contributed by atoms with Crippen molar-refractivity contribution in [3.63, 3.8) is 0 Å². The average molecular weight is 306 g/mol. The first kappa shape index (κ1) is 15.7. The zero-order chi connectivity index (χ0) is 15.1. The number of unbranched alkanes of at least 4 members (excludes halogenated alkanes) is 1. The van der Waals surface area contributed by atoms with Crippen molar-refractivity contribution in [1.29, 1.82) is 0 Å². The third-order valence-electron chi connectivity index (χ3n) is 3.00. The summed E-state index contributed by atoms with van der Waals surface area (Å²) in [6, 6.07) is 3.89. The molecule has 0 aliphatic heterocycles. The Morgan fingerprint density at radius 2 is 2.05 bits per heavy atom. The first-order chi connectivity index (χ1) is 10.2. The molecule has 5 nitrogen and oxygen atoms in total. The summed E-state index contributed by atoms with van der Waals surface area (Å²) in [6.07, 6.45) is 5.93. The smallest absolute Gasteiger partial charge is 0.147 e. The molecule has 3 N–H and O–H groups in total. The zero-order valence-corrected chi connectivity index (χ0v) is 13.3. The summed E-state index contributed by atoms with van der Waals surface area (Å²) in [7, 11) is 0. The number of aromatic nitrogens is 2. The van der Waals surface area contributed by atoms with E-state index in [9.17, 15) is 0 Å². The van der Waals surface area contributed by atoms with Crippen molar-refractivity contribution in [2.75, 3.05) is 24.2 Å². The predicted octanol–water partition coefficient (Wildman–Crippen LogP) is 3.40. The van der Waals surface area contributed by atoms with Gasteiger partial charge in [0, 0.05) is 25.5 Å². The van der Waals surface area contributed by atoms with Crippen molar-refractivity contribution in [3.05, 3.63) is 24.5 Å². The number of pyridine rings is 1. The van der Waals surface area contributed by atoms with Gasteiger partial charge in [-0.3, -0.25) is 4.98 Å². The third-order valence-corrected chi connectivity index (χ3v) is 3.81. The summed E-state index contributed by atoms with van der Waals surface area (Å²) in [4.78, 5) is 4.03. The SMILES string of the molecule is CC(C)OCCCCNc1snc(N)c1-c1ccncc1. The van der Waals surface area contributed by atoms with Gasteiger partial charge in [-0.2, -0.15) is 4.37 Å². The quantitative estimate of drug-likeness (QED) is 0.731. The van der Waals surface area contributed by atoms with E-state index in [1.165, 1.54) is 11.5 Å². The van der Waals surface area contributed by atoms with E-state index in [1.807, 2.05) is 12.1 Å². The van der Waals surface area contributed by atoms with Crippen molar-refractivity contribution in [2.45, 2.75) is 32.8 Å². The first-order valence-corrected chi connectivity index (χ1v) is 7.97. The van der Waals surface area contributed by atoms with E-state index in [0.717, 1.165) is 42.1 Å². The van der Waals surface area contributed by atoms with Gasteiger partial charge in [0.15, 0.2) is 0 Å². The van der Waals surface area contributed by atoms with E-state index in [-0.39, 0.29) is 0 Å². The second-order valence-corrected chi connectivity index (χ2v) is 5.83. The number of nitrogens with zero attached hydrogens (tertiary/aromatic N) is 2. The minimum Gasteiger partial charge on any atom is -0.382 e. The molecule has 0 saturated carbocycles. The molecule has 0 amide bonds. The van der Waals surface area contributed by atoms with Gasteiger partial charge in [-0.1, -0.05) is 0 Å². The molecule has 2 rings (SSSR count). The van der Waals surface area contributed by atoms with Crippen LogP contribution in [-0.4, -0.2) is 28.6 Å². The molecule has 21 heavy (non-hydrogen) atoms. The van der Waals surface area contributed by atoms with Gasteiger partial charge in [-0.05, 0) is 55.9 Å². The molecule has 114 valence electrons. The van der Waals surface area contributed by atoms with E-state index in [1.54, 1.807) is 12.4 Å². The number of ether oxygens (including phenoxy) is 1. The molecule has 0 saturated heterocycles. The Morgan fingerprint density at radius 3 is 2.76 bits per heavy atom. The highest BCUT2D eigenvalue weighted by atomic mass is 32.1.